The molecule has 4 atom stereocenters. The summed E-state index contributed by atoms with van der Waals surface area (Å²) in [6.45, 7) is 1.23. The fraction of sp³-hybridized carbons (Fsp3) is 0.688. The van der Waals surface area contributed by atoms with Crippen LogP contribution in [0.25, 0.3) is 11.2 Å². The summed E-state index contributed by atoms with van der Waals surface area (Å²) in [6, 6.07) is 0. The highest BCUT2D eigenvalue weighted by Gasteiger charge is 2.46. The van der Waals surface area contributed by atoms with E-state index in [-0.39, 0.29) is 17.0 Å². The summed E-state index contributed by atoms with van der Waals surface area (Å²) in [7, 11) is 0. The first-order valence-corrected chi connectivity index (χ1v) is 8.81. The molecule has 0 bridgehead atoms. The lowest BCUT2D eigenvalue weighted by Gasteiger charge is -2.39. The summed E-state index contributed by atoms with van der Waals surface area (Å²) in [5.74, 6) is -1.48. The summed E-state index contributed by atoms with van der Waals surface area (Å²) in [5.41, 5.74) is -0.636. The molecule has 3 heterocycles. The maximum absolute atomic E-state index is 14.5. The Morgan fingerprint density at radius 1 is 1.36 bits per heavy atom. The van der Waals surface area contributed by atoms with Crippen molar-refractivity contribution in [2.24, 2.45) is 0 Å². The third-order valence-corrected chi connectivity index (χ3v) is 5.30. The van der Waals surface area contributed by atoms with Crippen molar-refractivity contribution in [3.8, 4) is 0 Å². The Hall–Kier alpha value is -2.05. The minimum Gasteiger partial charge on any atom is -0.394 e. The zero-order valence-electron chi connectivity index (χ0n) is 14.8. The Morgan fingerprint density at radius 2 is 2.07 bits per heavy atom. The van der Waals surface area contributed by atoms with Crippen LogP contribution in [0.3, 0.4) is 0 Å². The van der Waals surface area contributed by atoms with Crippen LogP contribution in [0.5, 0.6) is 0 Å². The molecule has 3 N–H and O–H groups in total. The van der Waals surface area contributed by atoms with Gasteiger partial charge in [-0.15, -0.1) is 0 Å². The minimum atomic E-state index is -4.82. The molecule has 0 spiro atoms. The number of imidazole rings is 1. The molecular weight excluding hydrogens is 386 g/mol. The van der Waals surface area contributed by atoms with Crippen molar-refractivity contribution in [2.75, 3.05) is 11.9 Å². The number of fused-ring (bicyclic) bond motifs is 1. The first-order valence-electron chi connectivity index (χ1n) is 8.81. The Bertz CT molecular complexity index is 885. The monoisotopic (exact) mass is 405 g/mol. The van der Waals surface area contributed by atoms with Gasteiger partial charge in [-0.05, 0) is 26.2 Å². The van der Waals surface area contributed by atoms with Gasteiger partial charge in [0, 0.05) is 5.54 Å². The Labute approximate surface area is 156 Å². The average Bonchev–Trinajstić information content (AvgIpc) is 3.15. The summed E-state index contributed by atoms with van der Waals surface area (Å²) >= 11 is 0. The molecule has 4 rings (SSSR count). The van der Waals surface area contributed by atoms with E-state index in [1.165, 1.54) is 0 Å². The Morgan fingerprint density at radius 3 is 2.61 bits per heavy atom. The van der Waals surface area contributed by atoms with Crippen molar-refractivity contribution < 1.29 is 32.5 Å². The van der Waals surface area contributed by atoms with E-state index >= 15 is 0 Å². The van der Waals surface area contributed by atoms with Gasteiger partial charge >= 0.3 is 6.18 Å². The number of aromatic nitrogens is 4. The molecule has 2 unspecified atom stereocenters. The van der Waals surface area contributed by atoms with E-state index in [0.717, 1.165) is 30.2 Å². The van der Waals surface area contributed by atoms with Crippen LogP contribution in [0.15, 0.2) is 6.33 Å². The molecule has 1 aliphatic heterocycles. The maximum atomic E-state index is 14.5. The number of hydrogen-bond acceptors (Lipinski definition) is 7. The highest BCUT2D eigenvalue weighted by molar-refractivity contribution is 5.83. The largest absolute Gasteiger partial charge is 0.451 e. The SMILES string of the molecule is CC1(Nc2nc(C(F)(F)F)nc3c2ncn3[C@@H]2O[C@H](CO)C(O)C2F)CCC1. The van der Waals surface area contributed by atoms with Crippen molar-refractivity contribution in [1.82, 2.24) is 19.5 Å². The molecule has 12 heteroatoms. The smallest absolute Gasteiger partial charge is 0.394 e. The van der Waals surface area contributed by atoms with Gasteiger partial charge in [-0.2, -0.15) is 13.2 Å². The van der Waals surface area contributed by atoms with Crippen LogP contribution in [0.1, 0.15) is 38.2 Å². The minimum absolute atomic E-state index is 0.0406. The highest BCUT2D eigenvalue weighted by Crippen LogP contribution is 2.39. The molecule has 1 saturated carbocycles. The normalized spacial score (nSPS) is 29.8. The van der Waals surface area contributed by atoms with Gasteiger partial charge in [0.25, 0.3) is 0 Å². The second-order valence-corrected chi connectivity index (χ2v) is 7.44. The lowest BCUT2D eigenvalue weighted by atomic mass is 9.78. The summed E-state index contributed by atoms with van der Waals surface area (Å²) in [5, 5.41) is 22.0. The molecule has 2 aliphatic rings. The molecule has 154 valence electrons. The quantitative estimate of drug-likeness (QED) is 0.666. The van der Waals surface area contributed by atoms with E-state index in [1.54, 1.807) is 0 Å². The highest BCUT2D eigenvalue weighted by atomic mass is 19.4. The number of nitrogens with zero attached hydrogens (tertiary/aromatic N) is 4. The third-order valence-electron chi connectivity index (χ3n) is 5.30. The number of aliphatic hydroxyl groups excluding tert-OH is 2. The number of aliphatic hydroxyl groups is 2. The summed E-state index contributed by atoms with van der Waals surface area (Å²) in [4.78, 5) is 11.2. The maximum Gasteiger partial charge on any atom is 0.451 e. The number of nitrogens with one attached hydrogen (secondary N) is 1. The number of anilines is 1. The van der Waals surface area contributed by atoms with Crippen LogP contribution in [0.2, 0.25) is 0 Å². The van der Waals surface area contributed by atoms with Gasteiger partial charge in [-0.25, -0.2) is 19.3 Å². The molecule has 0 amide bonds. The van der Waals surface area contributed by atoms with Gasteiger partial charge in [0.2, 0.25) is 5.82 Å². The van der Waals surface area contributed by atoms with Crippen molar-refractivity contribution >= 4 is 17.0 Å². The molecule has 1 aliphatic carbocycles. The molecule has 0 radical (unpaired) electrons. The number of rotatable bonds is 4. The van der Waals surface area contributed by atoms with E-state index in [2.05, 4.69) is 20.3 Å². The van der Waals surface area contributed by atoms with Crippen LogP contribution in [-0.4, -0.2) is 60.3 Å². The number of ether oxygens (including phenoxy) is 1. The van der Waals surface area contributed by atoms with Crippen LogP contribution in [-0.2, 0) is 10.9 Å². The van der Waals surface area contributed by atoms with Crippen LogP contribution in [0, 0.1) is 0 Å². The summed E-state index contributed by atoms with van der Waals surface area (Å²) < 4.78 is 60.7. The van der Waals surface area contributed by atoms with E-state index in [4.69, 9.17) is 4.74 Å². The average molecular weight is 405 g/mol. The predicted molar refractivity (Wildman–Crippen MR) is 88.1 cm³/mol. The van der Waals surface area contributed by atoms with Crippen molar-refractivity contribution in [3.63, 3.8) is 0 Å². The molecule has 2 aromatic rings. The van der Waals surface area contributed by atoms with Gasteiger partial charge in [-0.3, -0.25) is 4.57 Å². The zero-order valence-corrected chi connectivity index (χ0v) is 14.8. The van der Waals surface area contributed by atoms with Crippen LogP contribution in [0.4, 0.5) is 23.4 Å². The van der Waals surface area contributed by atoms with Crippen molar-refractivity contribution in [2.45, 2.75) is 62.5 Å². The second-order valence-electron chi connectivity index (χ2n) is 7.44. The van der Waals surface area contributed by atoms with E-state index < -0.39 is 48.8 Å². The molecule has 2 aromatic heterocycles. The Kier molecular flexibility index (Phi) is 4.47. The fourth-order valence-electron chi connectivity index (χ4n) is 3.51. The first kappa shape index (κ1) is 19.3. The Balaban J connectivity index is 1.81. The molecule has 2 fully saturated rings. The van der Waals surface area contributed by atoms with Gasteiger partial charge in [0.15, 0.2) is 29.4 Å². The zero-order chi connectivity index (χ0) is 20.3. The van der Waals surface area contributed by atoms with Crippen molar-refractivity contribution in [1.29, 1.82) is 0 Å². The number of alkyl halides is 4. The molecular formula is C16H19F4N5O3. The number of hydrogen-bond donors (Lipinski definition) is 3. The van der Waals surface area contributed by atoms with Crippen LogP contribution < -0.4 is 5.32 Å². The lowest BCUT2D eigenvalue weighted by Crippen LogP contribution is -2.42. The topological polar surface area (TPSA) is 105 Å². The van der Waals surface area contributed by atoms with Crippen LogP contribution >= 0.6 is 0 Å². The molecule has 28 heavy (non-hydrogen) atoms. The molecule has 1 saturated heterocycles. The van der Waals surface area contributed by atoms with E-state index in [0.29, 0.717) is 0 Å². The second kappa shape index (κ2) is 6.49. The lowest BCUT2D eigenvalue weighted by molar-refractivity contribution is -0.144. The van der Waals surface area contributed by atoms with E-state index in [1.807, 2.05) is 6.92 Å². The van der Waals surface area contributed by atoms with Gasteiger partial charge < -0.3 is 20.3 Å². The predicted octanol–water partition coefficient (Wildman–Crippen LogP) is 1.79. The van der Waals surface area contributed by atoms with Gasteiger partial charge in [-0.1, -0.05) is 0 Å². The number of halogens is 4. The first-order chi connectivity index (χ1) is 13.1. The fourth-order valence-corrected chi connectivity index (χ4v) is 3.51. The molecule has 8 nitrogen and oxygen atoms in total. The van der Waals surface area contributed by atoms with Gasteiger partial charge in [0.1, 0.15) is 12.2 Å². The van der Waals surface area contributed by atoms with Gasteiger partial charge in [0.05, 0.1) is 12.9 Å². The van der Waals surface area contributed by atoms with Crippen molar-refractivity contribution in [3.05, 3.63) is 12.2 Å². The molecule has 0 aromatic carbocycles. The standard InChI is InChI=1S/C16H19F4N5O3/c1-15(3-2-4-15)24-11-9-12(23-14(22-11)16(18,19)20)25(6-21-9)13-8(17)10(27)7(5-26)28-13/h6-8,10,13,26-27H,2-5H2,1H3,(H,22,23,24)/t7-,8?,10?,13-/m1/s1. The third kappa shape index (κ3) is 3.08. The van der Waals surface area contributed by atoms with E-state index in [9.17, 15) is 27.8 Å². The summed E-state index contributed by atoms with van der Waals surface area (Å²) in [6.07, 6.45) is -7.52.